The lowest BCUT2D eigenvalue weighted by atomic mass is 10.3. The van der Waals surface area contributed by atoms with Crippen LogP contribution in [0.3, 0.4) is 0 Å². The average Bonchev–Trinajstić information content (AvgIpc) is 3.06. The number of hydrogen-bond acceptors (Lipinski definition) is 6. The van der Waals surface area contributed by atoms with Gasteiger partial charge in [0, 0.05) is 6.07 Å². The van der Waals surface area contributed by atoms with Crippen LogP contribution in [0.15, 0.2) is 44.8 Å². The predicted octanol–water partition coefficient (Wildman–Crippen LogP) is 2.88. The first kappa shape index (κ1) is 14.4. The number of para-hydroxylation sites is 2. The van der Waals surface area contributed by atoms with Crippen molar-refractivity contribution in [2.45, 2.75) is 6.92 Å². The van der Waals surface area contributed by atoms with Crippen LogP contribution < -0.4 is 10.1 Å². The third kappa shape index (κ3) is 3.04. The molecule has 1 aliphatic rings. The molecule has 1 aliphatic heterocycles. The number of amides is 1. The predicted molar refractivity (Wildman–Crippen MR) is 85.0 cm³/mol. The van der Waals surface area contributed by atoms with E-state index < -0.39 is 0 Å². The number of ether oxygens (including phenoxy) is 1. The molecule has 7 heteroatoms. The largest absolute Gasteiger partial charge is 0.494 e. The molecule has 0 bridgehead atoms. The summed E-state index contributed by atoms with van der Waals surface area (Å²) < 4.78 is 10.2. The fourth-order valence-electron chi connectivity index (χ4n) is 1.90. The molecule has 0 saturated carbocycles. The minimum atomic E-state index is -0.209. The normalized spacial score (nSPS) is 18.0. The Bertz CT molecular complexity index is 780. The van der Waals surface area contributed by atoms with Crippen LogP contribution in [-0.2, 0) is 4.79 Å². The highest BCUT2D eigenvalue weighted by molar-refractivity contribution is 8.18. The van der Waals surface area contributed by atoms with Crippen LogP contribution in [0.1, 0.15) is 11.5 Å². The molecular formula is C15H13N3O3S. The van der Waals surface area contributed by atoms with Gasteiger partial charge in [-0.2, -0.15) is 0 Å². The lowest BCUT2D eigenvalue weighted by Gasteiger charge is -2.03. The number of rotatable bonds is 3. The molecule has 1 N–H and O–H groups in total. The quantitative estimate of drug-likeness (QED) is 0.881. The highest BCUT2D eigenvalue weighted by atomic mass is 32.2. The van der Waals surface area contributed by atoms with Gasteiger partial charge < -0.3 is 14.6 Å². The van der Waals surface area contributed by atoms with Gasteiger partial charge in [0.1, 0.15) is 22.9 Å². The number of aliphatic imine (C=N–C) groups is 1. The Morgan fingerprint density at radius 3 is 2.95 bits per heavy atom. The zero-order valence-electron chi connectivity index (χ0n) is 12.0. The van der Waals surface area contributed by atoms with Crippen LogP contribution in [0.4, 0.5) is 5.69 Å². The van der Waals surface area contributed by atoms with Crippen LogP contribution >= 0.6 is 11.8 Å². The van der Waals surface area contributed by atoms with Gasteiger partial charge in [0.05, 0.1) is 12.0 Å². The fraction of sp³-hybridized carbons (Fsp3) is 0.133. The molecule has 0 unspecified atom stereocenters. The highest BCUT2D eigenvalue weighted by Crippen LogP contribution is 2.31. The Labute approximate surface area is 131 Å². The molecule has 1 saturated heterocycles. The second kappa shape index (κ2) is 6.07. The highest BCUT2D eigenvalue weighted by Gasteiger charge is 2.24. The topological polar surface area (TPSA) is 76.7 Å². The van der Waals surface area contributed by atoms with E-state index in [9.17, 15) is 4.79 Å². The van der Waals surface area contributed by atoms with Crippen molar-refractivity contribution in [1.82, 2.24) is 10.5 Å². The number of benzene rings is 1. The molecule has 0 spiro atoms. The van der Waals surface area contributed by atoms with E-state index in [2.05, 4.69) is 15.5 Å². The Hall–Kier alpha value is -2.54. The maximum atomic E-state index is 12.0. The van der Waals surface area contributed by atoms with E-state index in [1.165, 1.54) is 11.8 Å². The standard InChI is InChI=1S/C15H13N3O3S/c1-9-7-10(18-21-9)8-13-14(19)17-15(22-13)16-11-5-3-4-6-12(11)20-2/h3-8H,1-2H3,(H,16,17,19)/b13-8-. The lowest BCUT2D eigenvalue weighted by molar-refractivity contribution is -0.115. The number of methoxy groups -OCH3 is 1. The van der Waals surface area contributed by atoms with Crippen LogP contribution in [0.25, 0.3) is 6.08 Å². The molecule has 22 heavy (non-hydrogen) atoms. The van der Waals surface area contributed by atoms with Gasteiger partial charge in [-0.25, -0.2) is 4.99 Å². The van der Waals surface area contributed by atoms with Crippen molar-refractivity contribution in [3.05, 3.63) is 46.7 Å². The molecule has 2 aromatic rings. The summed E-state index contributed by atoms with van der Waals surface area (Å²) >= 11 is 1.25. The van der Waals surface area contributed by atoms with Crippen molar-refractivity contribution >= 4 is 34.6 Å². The maximum absolute atomic E-state index is 12.0. The van der Waals surface area contributed by atoms with Crippen LogP contribution in [0.2, 0.25) is 0 Å². The second-order valence-corrected chi connectivity index (χ2v) is 5.55. The summed E-state index contributed by atoms with van der Waals surface area (Å²) in [5.74, 6) is 1.13. The molecule has 0 atom stereocenters. The maximum Gasteiger partial charge on any atom is 0.264 e. The minimum absolute atomic E-state index is 0.209. The second-order valence-electron chi connectivity index (χ2n) is 4.52. The SMILES string of the molecule is COc1ccccc1N=C1NC(=O)/C(=C/c2cc(C)on2)S1. The summed E-state index contributed by atoms with van der Waals surface area (Å²) in [7, 11) is 1.58. The summed E-state index contributed by atoms with van der Waals surface area (Å²) in [5, 5.41) is 7.07. The molecule has 3 rings (SSSR count). The van der Waals surface area contributed by atoms with Gasteiger partial charge in [0.15, 0.2) is 5.17 Å². The Morgan fingerprint density at radius 2 is 2.23 bits per heavy atom. The summed E-state index contributed by atoms with van der Waals surface area (Å²) in [6.45, 7) is 1.80. The summed E-state index contributed by atoms with van der Waals surface area (Å²) in [5.41, 5.74) is 1.26. The first-order valence-electron chi connectivity index (χ1n) is 6.51. The summed E-state index contributed by atoms with van der Waals surface area (Å²) in [6, 6.07) is 9.12. The molecule has 112 valence electrons. The van der Waals surface area contributed by atoms with E-state index >= 15 is 0 Å². The van der Waals surface area contributed by atoms with E-state index in [0.717, 1.165) is 0 Å². The van der Waals surface area contributed by atoms with Crippen LogP contribution in [-0.4, -0.2) is 23.3 Å². The third-order valence-electron chi connectivity index (χ3n) is 2.88. The zero-order valence-corrected chi connectivity index (χ0v) is 12.8. The number of aryl methyl sites for hydroxylation is 1. The van der Waals surface area contributed by atoms with Crippen LogP contribution in [0, 0.1) is 6.92 Å². The van der Waals surface area contributed by atoms with Gasteiger partial charge in [-0.1, -0.05) is 17.3 Å². The molecule has 2 heterocycles. The molecular weight excluding hydrogens is 302 g/mol. The number of nitrogens with one attached hydrogen (secondary N) is 1. The van der Waals surface area contributed by atoms with E-state index in [1.54, 1.807) is 26.2 Å². The molecule has 1 aromatic heterocycles. The van der Waals surface area contributed by atoms with Crippen molar-refractivity contribution in [3.63, 3.8) is 0 Å². The summed E-state index contributed by atoms with van der Waals surface area (Å²) in [6.07, 6.45) is 1.67. The minimum Gasteiger partial charge on any atom is -0.494 e. The zero-order chi connectivity index (χ0) is 15.5. The van der Waals surface area contributed by atoms with Crippen LogP contribution in [0.5, 0.6) is 5.75 Å². The van der Waals surface area contributed by atoms with E-state index in [4.69, 9.17) is 9.26 Å². The van der Waals surface area contributed by atoms with E-state index in [1.807, 2.05) is 24.3 Å². The van der Waals surface area contributed by atoms with Crippen molar-refractivity contribution in [3.8, 4) is 5.75 Å². The molecule has 1 amide bonds. The fourth-order valence-corrected chi connectivity index (χ4v) is 2.72. The van der Waals surface area contributed by atoms with Crippen molar-refractivity contribution in [2.75, 3.05) is 7.11 Å². The van der Waals surface area contributed by atoms with Crippen molar-refractivity contribution < 1.29 is 14.1 Å². The Balaban J connectivity index is 1.85. The number of nitrogens with zero attached hydrogens (tertiary/aromatic N) is 2. The number of hydrogen-bond donors (Lipinski definition) is 1. The molecule has 0 radical (unpaired) electrons. The van der Waals surface area contributed by atoms with E-state index in [0.29, 0.717) is 33.0 Å². The van der Waals surface area contributed by atoms with E-state index in [-0.39, 0.29) is 5.91 Å². The third-order valence-corrected chi connectivity index (χ3v) is 3.79. The first-order chi connectivity index (χ1) is 10.7. The van der Waals surface area contributed by atoms with Crippen molar-refractivity contribution in [1.29, 1.82) is 0 Å². The average molecular weight is 315 g/mol. The molecule has 1 fully saturated rings. The number of aromatic nitrogens is 1. The Kier molecular flexibility index (Phi) is 3.97. The monoisotopic (exact) mass is 315 g/mol. The Morgan fingerprint density at radius 1 is 1.41 bits per heavy atom. The molecule has 0 aliphatic carbocycles. The molecule has 1 aromatic carbocycles. The summed E-state index contributed by atoms with van der Waals surface area (Å²) in [4.78, 5) is 16.9. The van der Waals surface area contributed by atoms with Gasteiger partial charge in [-0.3, -0.25) is 4.79 Å². The van der Waals surface area contributed by atoms with Gasteiger partial charge in [-0.05, 0) is 36.9 Å². The molecule has 6 nitrogen and oxygen atoms in total. The number of carbonyl (C=O) groups is 1. The number of amidine groups is 1. The van der Waals surface area contributed by atoms with Gasteiger partial charge in [0.2, 0.25) is 0 Å². The van der Waals surface area contributed by atoms with Gasteiger partial charge in [0.25, 0.3) is 5.91 Å². The smallest absolute Gasteiger partial charge is 0.264 e. The number of thioether (sulfide) groups is 1. The van der Waals surface area contributed by atoms with Gasteiger partial charge in [-0.15, -0.1) is 0 Å². The van der Waals surface area contributed by atoms with Gasteiger partial charge >= 0.3 is 0 Å². The number of carbonyl (C=O) groups excluding carboxylic acids is 1. The van der Waals surface area contributed by atoms with Crippen molar-refractivity contribution in [2.24, 2.45) is 4.99 Å². The lowest BCUT2D eigenvalue weighted by Crippen LogP contribution is -2.19. The first-order valence-corrected chi connectivity index (χ1v) is 7.33.